The number of carbonyl (C=O) groups excluding carboxylic acids is 3. The highest BCUT2D eigenvalue weighted by molar-refractivity contribution is 6.39. The molecule has 0 spiro atoms. The van der Waals surface area contributed by atoms with E-state index in [2.05, 4.69) is 5.32 Å². The van der Waals surface area contributed by atoms with Gasteiger partial charge >= 0.3 is 6.03 Å². The number of aromatic hydroxyl groups is 1. The summed E-state index contributed by atoms with van der Waals surface area (Å²) >= 11 is 0. The van der Waals surface area contributed by atoms with Crippen LogP contribution in [0, 0.1) is 0 Å². The summed E-state index contributed by atoms with van der Waals surface area (Å²) in [4.78, 5) is 38.0. The van der Waals surface area contributed by atoms with Crippen molar-refractivity contribution in [2.75, 3.05) is 19.1 Å². The van der Waals surface area contributed by atoms with Crippen LogP contribution >= 0.6 is 0 Å². The monoisotopic (exact) mass is 368 g/mol. The zero-order chi connectivity index (χ0) is 19.6. The third kappa shape index (κ3) is 3.45. The Morgan fingerprint density at radius 1 is 1.00 bits per heavy atom. The van der Waals surface area contributed by atoms with Gasteiger partial charge in [0.05, 0.1) is 19.9 Å². The number of hydrogen-bond acceptors (Lipinski definition) is 6. The predicted octanol–water partition coefficient (Wildman–Crippen LogP) is 2.08. The van der Waals surface area contributed by atoms with Crippen molar-refractivity contribution in [1.29, 1.82) is 0 Å². The number of nitrogens with one attached hydrogen (secondary N) is 1. The molecule has 1 aliphatic rings. The normalized spacial score (nSPS) is 15.7. The second-order valence-corrected chi connectivity index (χ2v) is 5.59. The van der Waals surface area contributed by atoms with Crippen molar-refractivity contribution in [3.63, 3.8) is 0 Å². The number of urea groups is 1. The average Bonchev–Trinajstić information content (AvgIpc) is 2.66. The number of phenolic OH excluding ortho intramolecular Hbond substituents is 1. The predicted molar refractivity (Wildman–Crippen MR) is 96.7 cm³/mol. The van der Waals surface area contributed by atoms with E-state index >= 15 is 0 Å². The van der Waals surface area contributed by atoms with E-state index in [1.54, 1.807) is 12.1 Å². The maximum atomic E-state index is 12.8. The Morgan fingerprint density at radius 2 is 1.70 bits per heavy atom. The van der Waals surface area contributed by atoms with Crippen LogP contribution in [0.1, 0.15) is 5.56 Å². The van der Waals surface area contributed by atoms with E-state index in [1.807, 2.05) is 0 Å². The van der Waals surface area contributed by atoms with E-state index in [0.717, 1.165) is 4.90 Å². The first-order valence-corrected chi connectivity index (χ1v) is 7.87. The van der Waals surface area contributed by atoms with Crippen LogP contribution < -0.4 is 19.7 Å². The summed E-state index contributed by atoms with van der Waals surface area (Å²) in [5.74, 6) is -0.889. The van der Waals surface area contributed by atoms with Crippen LogP contribution in [-0.4, -0.2) is 37.2 Å². The Bertz CT molecular complexity index is 949. The number of carbonyl (C=O) groups is 3. The number of nitrogens with zero attached hydrogens (tertiary/aromatic N) is 1. The topological polar surface area (TPSA) is 105 Å². The first-order chi connectivity index (χ1) is 12.9. The van der Waals surface area contributed by atoms with Gasteiger partial charge in [-0.25, -0.2) is 9.69 Å². The SMILES string of the molecule is COc1ccc(N2C(=O)NC(=O)/C(=C\c3ccc(O)c(OC)c3)C2=O)cc1. The van der Waals surface area contributed by atoms with Gasteiger partial charge in [-0.05, 0) is 48.0 Å². The summed E-state index contributed by atoms with van der Waals surface area (Å²) in [6.07, 6.45) is 1.32. The van der Waals surface area contributed by atoms with Crippen LogP contribution in [0.5, 0.6) is 17.2 Å². The van der Waals surface area contributed by atoms with Gasteiger partial charge in [0.2, 0.25) is 0 Å². The maximum Gasteiger partial charge on any atom is 0.335 e. The zero-order valence-corrected chi connectivity index (χ0v) is 14.6. The molecule has 2 N–H and O–H groups in total. The van der Waals surface area contributed by atoms with E-state index in [4.69, 9.17) is 9.47 Å². The highest BCUT2D eigenvalue weighted by Gasteiger charge is 2.36. The number of methoxy groups -OCH3 is 2. The largest absolute Gasteiger partial charge is 0.504 e. The molecule has 8 heteroatoms. The number of rotatable bonds is 4. The third-order valence-electron chi connectivity index (χ3n) is 3.95. The Kier molecular flexibility index (Phi) is 4.80. The molecule has 1 fully saturated rings. The Hall–Kier alpha value is -3.81. The molecule has 0 aliphatic carbocycles. The first kappa shape index (κ1) is 18.0. The van der Waals surface area contributed by atoms with Crippen LogP contribution in [-0.2, 0) is 9.59 Å². The molecule has 2 aromatic carbocycles. The molecule has 8 nitrogen and oxygen atoms in total. The zero-order valence-electron chi connectivity index (χ0n) is 14.6. The number of amides is 4. The highest BCUT2D eigenvalue weighted by atomic mass is 16.5. The second-order valence-electron chi connectivity index (χ2n) is 5.59. The average molecular weight is 368 g/mol. The van der Waals surface area contributed by atoms with E-state index in [-0.39, 0.29) is 17.1 Å². The summed E-state index contributed by atoms with van der Waals surface area (Å²) in [5.41, 5.74) is 0.519. The first-order valence-electron chi connectivity index (χ1n) is 7.87. The molecule has 4 amide bonds. The van der Waals surface area contributed by atoms with Crippen molar-refractivity contribution in [2.24, 2.45) is 0 Å². The number of anilines is 1. The minimum Gasteiger partial charge on any atom is -0.504 e. The number of benzene rings is 2. The molecule has 138 valence electrons. The number of hydrogen-bond donors (Lipinski definition) is 2. The highest BCUT2D eigenvalue weighted by Crippen LogP contribution is 2.28. The maximum absolute atomic E-state index is 12.8. The van der Waals surface area contributed by atoms with Crippen molar-refractivity contribution >= 4 is 29.6 Å². The summed E-state index contributed by atoms with van der Waals surface area (Å²) in [7, 11) is 2.88. The molecule has 0 radical (unpaired) electrons. The van der Waals surface area contributed by atoms with Crippen molar-refractivity contribution in [3.8, 4) is 17.2 Å². The lowest BCUT2D eigenvalue weighted by atomic mass is 10.1. The molecule has 27 heavy (non-hydrogen) atoms. The van der Waals surface area contributed by atoms with Gasteiger partial charge < -0.3 is 14.6 Å². The summed E-state index contributed by atoms with van der Waals surface area (Å²) in [5, 5.41) is 11.8. The fourth-order valence-electron chi connectivity index (χ4n) is 2.57. The molecular weight excluding hydrogens is 352 g/mol. The van der Waals surface area contributed by atoms with Crippen LogP contribution in [0.25, 0.3) is 6.08 Å². The smallest absolute Gasteiger partial charge is 0.335 e. The molecule has 0 unspecified atom stereocenters. The van der Waals surface area contributed by atoms with Gasteiger partial charge in [-0.15, -0.1) is 0 Å². The van der Waals surface area contributed by atoms with E-state index < -0.39 is 17.8 Å². The molecule has 1 saturated heterocycles. The quantitative estimate of drug-likeness (QED) is 0.632. The van der Waals surface area contributed by atoms with Gasteiger partial charge in [-0.2, -0.15) is 0 Å². The lowest BCUT2D eigenvalue weighted by Crippen LogP contribution is -2.54. The molecule has 3 rings (SSSR count). The van der Waals surface area contributed by atoms with E-state index in [1.165, 1.54) is 50.6 Å². The van der Waals surface area contributed by atoms with Gasteiger partial charge in [0.1, 0.15) is 11.3 Å². The van der Waals surface area contributed by atoms with Gasteiger partial charge in [0, 0.05) is 0 Å². The summed E-state index contributed by atoms with van der Waals surface area (Å²) in [6.45, 7) is 0. The summed E-state index contributed by atoms with van der Waals surface area (Å²) in [6, 6.07) is 9.79. The van der Waals surface area contributed by atoms with Crippen molar-refractivity contribution in [2.45, 2.75) is 0 Å². The van der Waals surface area contributed by atoms with Crippen molar-refractivity contribution in [1.82, 2.24) is 5.32 Å². The number of ether oxygens (including phenoxy) is 2. The van der Waals surface area contributed by atoms with Crippen LogP contribution in [0.4, 0.5) is 10.5 Å². The van der Waals surface area contributed by atoms with E-state index in [9.17, 15) is 19.5 Å². The molecular formula is C19H16N2O6. The second kappa shape index (κ2) is 7.20. The minimum atomic E-state index is -0.837. The van der Waals surface area contributed by atoms with Gasteiger partial charge in [0.15, 0.2) is 11.5 Å². The third-order valence-corrected chi connectivity index (χ3v) is 3.95. The van der Waals surface area contributed by atoms with Crippen molar-refractivity contribution in [3.05, 3.63) is 53.6 Å². The Morgan fingerprint density at radius 3 is 2.33 bits per heavy atom. The van der Waals surface area contributed by atoms with E-state index in [0.29, 0.717) is 17.0 Å². The van der Waals surface area contributed by atoms with Crippen LogP contribution in [0.3, 0.4) is 0 Å². The van der Waals surface area contributed by atoms with Gasteiger partial charge in [0.25, 0.3) is 11.8 Å². The lowest BCUT2D eigenvalue weighted by Gasteiger charge is -2.26. The lowest BCUT2D eigenvalue weighted by molar-refractivity contribution is -0.122. The Labute approximate surface area is 154 Å². The standard InChI is InChI=1S/C19H16N2O6/c1-26-13-6-4-12(5-7-13)21-18(24)14(17(23)20-19(21)25)9-11-3-8-15(22)16(10-11)27-2/h3-10,22H,1-2H3,(H,20,23,25)/b14-9+. The summed E-state index contributed by atoms with van der Waals surface area (Å²) < 4.78 is 10.1. The number of imide groups is 2. The Balaban J connectivity index is 1.99. The van der Waals surface area contributed by atoms with Crippen LogP contribution in [0.2, 0.25) is 0 Å². The minimum absolute atomic E-state index is 0.0749. The van der Waals surface area contributed by atoms with Gasteiger partial charge in [-0.1, -0.05) is 6.07 Å². The molecule has 0 bridgehead atoms. The fraction of sp³-hybridized carbons (Fsp3) is 0.105. The molecule has 2 aromatic rings. The van der Waals surface area contributed by atoms with Crippen molar-refractivity contribution < 1.29 is 29.0 Å². The number of phenols is 1. The molecule has 1 heterocycles. The molecule has 0 atom stereocenters. The molecule has 0 saturated carbocycles. The van der Waals surface area contributed by atoms with Gasteiger partial charge in [-0.3, -0.25) is 14.9 Å². The van der Waals surface area contributed by atoms with Crippen LogP contribution in [0.15, 0.2) is 48.0 Å². The molecule has 0 aromatic heterocycles. The fourth-order valence-corrected chi connectivity index (χ4v) is 2.57. The number of barbiturate groups is 1. The molecule has 1 aliphatic heterocycles.